The number of nitrogens with one attached hydrogen (secondary N) is 1. The summed E-state index contributed by atoms with van der Waals surface area (Å²) in [7, 11) is 0. The molecule has 19 heavy (non-hydrogen) atoms. The molecule has 1 aliphatic rings. The van der Waals surface area contributed by atoms with Gasteiger partial charge in [0.25, 0.3) is 0 Å². The van der Waals surface area contributed by atoms with Crippen LogP contribution in [0.15, 0.2) is 16.5 Å². The van der Waals surface area contributed by atoms with Gasteiger partial charge in [0, 0.05) is 13.0 Å². The highest BCUT2D eigenvalue weighted by Gasteiger charge is 2.36. The highest BCUT2D eigenvalue weighted by Crippen LogP contribution is 2.39. The Bertz CT molecular complexity index is 399. The number of furan rings is 1. The molecule has 1 aromatic heterocycles. The summed E-state index contributed by atoms with van der Waals surface area (Å²) in [5.41, 5.74) is -0.140. The Morgan fingerprint density at radius 2 is 1.79 bits per heavy atom. The average molecular weight is 265 g/mol. The van der Waals surface area contributed by atoms with Gasteiger partial charge in [0.2, 0.25) is 0 Å². The number of aryl methyl sites for hydroxylation is 1. The molecule has 0 aromatic carbocycles. The van der Waals surface area contributed by atoms with E-state index in [1.165, 1.54) is 0 Å². The fraction of sp³-hybridized carbons (Fsp3) is 0.750. The van der Waals surface area contributed by atoms with E-state index in [1.807, 2.05) is 12.1 Å². The van der Waals surface area contributed by atoms with E-state index in [0.717, 1.165) is 43.6 Å². The second kappa shape index (κ2) is 5.68. The normalized spacial score (nSPS) is 21.5. The van der Waals surface area contributed by atoms with E-state index in [1.54, 1.807) is 0 Å². The third-order valence-corrected chi connectivity index (χ3v) is 4.35. The lowest BCUT2D eigenvalue weighted by atomic mass is 9.71. The standard InChI is InChI=1S/C16H27NO2/c1-4-13-5-6-14(19-13)11-17-12-16(18)9-7-15(2,3)8-10-16/h5-6,17-18H,4,7-12H2,1-3H3. The third-order valence-electron chi connectivity index (χ3n) is 4.35. The lowest BCUT2D eigenvalue weighted by Gasteiger charge is -2.40. The first-order chi connectivity index (χ1) is 8.92. The molecule has 0 spiro atoms. The van der Waals surface area contributed by atoms with Crippen molar-refractivity contribution in [3.05, 3.63) is 23.7 Å². The molecule has 2 N–H and O–H groups in total. The molecule has 3 nitrogen and oxygen atoms in total. The highest BCUT2D eigenvalue weighted by atomic mass is 16.3. The predicted octanol–water partition coefficient (Wildman–Crippen LogP) is 3.26. The number of hydrogen-bond acceptors (Lipinski definition) is 3. The molecule has 1 heterocycles. The van der Waals surface area contributed by atoms with Crippen LogP contribution < -0.4 is 5.32 Å². The maximum Gasteiger partial charge on any atom is 0.117 e. The SMILES string of the molecule is CCc1ccc(CNCC2(O)CCC(C)(C)CC2)o1. The molecule has 1 aliphatic carbocycles. The van der Waals surface area contributed by atoms with Gasteiger partial charge < -0.3 is 14.8 Å². The summed E-state index contributed by atoms with van der Waals surface area (Å²) in [4.78, 5) is 0. The van der Waals surface area contributed by atoms with Crippen molar-refractivity contribution in [1.82, 2.24) is 5.32 Å². The molecule has 0 atom stereocenters. The zero-order valence-electron chi connectivity index (χ0n) is 12.5. The van der Waals surface area contributed by atoms with Crippen LogP contribution >= 0.6 is 0 Å². The topological polar surface area (TPSA) is 45.4 Å². The van der Waals surface area contributed by atoms with Crippen molar-refractivity contribution in [3.63, 3.8) is 0 Å². The molecule has 1 aromatic rings. The van der Waals surface area contributed by atoms with E-state index in [4.69, 9.17) is 4.42 Å². The average Bonchev–Trinajstić information content (AvgIpc) is 2.82. The smallest absolute Gasteiger partial charge is 0.117 e. The lowest BCUT2D eigenvalue weighted by molar-refractivity contribution is -0.0247. The van der Waals surface area contributed by atoms with Gasteiger partial charge in [-0.25, -0.2) is 0 Å². The first-order valence-electron chi connectivity index (χ1n) is 7.43. The minimum Gasteiger partial charge on any atom is -0.465 e. The molecule has 0 amide bonds. The minimum absolute atomic E-state index is 0.392. The molecule has 0 unspecified atom stereocenters. The Balaban J connectivity index is 1.76. The first kappa shape index (κ1) is 14.6. The van der Waals surface area contributed by atoms with Crippen LogP contribution in [0.25, 0.3) is 0 Å². The molecule has 3 heteroatoms. The van der Waals surface area contributed by atoms with Crippen LogP contribution in [0, 0.1) is 5.41 Å². The van der Waals surface area contributed by atoms with Gasteiger partial charge in [-0.2, -0.15) is 0 Å². The summed E-state index contributed by atoms with van der Waals surface area (Å²) in [6.07, 6.45) is 4.92. The van der Waals surface area contributed by atoms with Gasteiger partial charge in [0.15, 0.2) is 0 Å². The minimum atomic E-state index is -0.532. The predicted molar refractivity (Wildman–Crippen MR) is 77.0 cm³/mol. The van der Waals surface area contributed by atoms with E-state index in [2.05, 4.69) is 26.1 Å². The van der Waals surface area contributed by atoms with Gasteiger partial charge in [-0.15, -0.1) is 0 Å². The van der Waals surface area contributed by atoms with Crippen LogP contribution in [0.4, 0.5) is 0 Å². The van der Waals surface area contributed by atoms with E-state index in [-0.39, 0.29) is 0 Å². The fourth-order valence-electron chi connectivity index (χ4n) is 2.69. The Morgan fingerprint density at radius 1 is 1.16 bits per heavy atom. The summed E-state index contributed by atoms with van der Waals surface area (Å²) < 4.78 is 5.64. The maximum atomic E-state index is 10.5. The molecule has 2 rings (SSSR count). The van der Waals surface area contributed by atoms with Crippen molar-refractivity contribution in [2.24, 2.45) is 5.41 Å². The van der Waals surface area contributed by atoms with Gasteiger partial charge in [0.05, 0.1) is 12.1 Å². The number of rotatable bonds is 5. The molecule has 1 saturated carbocycles. The first-order valence-corrected chi connectivity index (χ1v) is 7.43. The van der Waals surface area contributed by atoms with Crippen molar-refractivity contribution < 1.29 is 9.52 Å². The zero-order chi connectivity index (χ0) is 13.9. The highest BCUT2D eigenvalue weighted by molar-refractivity contribution is 5.07. The Hall–Kier alpha value is -0.800. The quantitative estimate of drug-likeness (QED) is 0.859. The van der Waals surface area contributed by atoms with E-state index in [0.29, 0.717) is 18.5 Å². The zero-order valence-corrected chi connectivity index (χ0v) is 12.5. The molecule has 0 aliphatic heterocycles. The van der Waals surface area contributed by atoms with Gasteiger partial charge in [-0.05, 0) is 43.2 Å². The van der Waals surface area contributed by atoms with Gasteiger partial charge in [-0.1, -0.05) is 20.8 Å². The lowest BCUT2D eigenvalue weighted by Crippen LogP contribution is -2.44. The summed E-state index contributed by atoms with van der Waals surface area (Å²) in [5, 5.41) is 13.9. The summed E-state index contributed by atoms with van der Waals surface area (Å²) in [6.45, 7) is 8.02. The van der Waals surface area contributed by atoms with Crippen LogP contribution in [0.1, 0.15) is 58.0 Å². The summed E-state index contributed by atoms with van der Waals surface area (Å²) >= 11 is 0. The van der Waals surface area contributed by atoms with Crippen molar-refractivity contribution in [1.29, 1.82) is 0 Å². The van der Waals surface area contributed by atoms with Gasteiger partial charge in [-0.3, -0.25) is 0 Å². The van der Waals surface area contributed by atoms with Crippen molar-refractivity contribution in [3.8, 4) is 0 Å². The molecular weight excluding hydrogens is 238 g/mol. The molecule has 0 radical (unpaired) electrons. The van der Waals surface area contributed by atoms with E-state index >= 15 is 0 Å². The van der Waals surface area contributed by atoms with Crippen LogP contribution in [0.5, 0.6) is 0 Å². The van der Waals surface area contributed by atoms with E-state index < -0.39 is 5.60 Å². The summed E-state index contributed by atoms with van der Waals surface area (Å²) in [5.74, 6) is 1.98. The van der Waals surface area contributed by atoms with Crippen molar-refractivity contribution in [2.45, 2.75) is 65.0 Å². The van der Waals surface area contributed by atoms with E-state index in [9.17, 15) is 5.11 Å². The maximum absolute atomic E-state index is 10.5. The second-order valence-corrected chi connectivity index (χ2v) is 6.71. The van der Waals surface area contributed by atoms with Crippen LogP contribution in [-0.2, 0) is 13.0 Å². The monoisotopic (exact) mass is 265 g/mol. The molecule has 0 saturated heterocycles. The molecular formula is C16H27NO2. The second-order valence-electron chi connectivity index (χ2n) is 6.71. The van der Waals surface area contributed by atoms with Crippen molar-refractivity contribution >= 4 is 0 Å². The van der Waals surface area contributed by atoms with Crippen LogP contribution in [0.2, 0.25) is 0 Å². The van der Waals surface area contributed by atoms with Crippen LogP contribution in [-0.4, -0.2) is 17.3 Å². The van der Waals surface area contributed by atoms with Gasteiger partial charge in [0.1, 0.15) is 11.5 Å². The Labute approximate surface area is 116 Å². The molecule has 1 fully saturated rings. The molecule has 108 valence electrons. The Morgan fingerprint density at radius 3 is 2.37 bits per heavy atom. The number of hydrogen-bond donors (Lipinski definition) is 2. The Kier molecular flexibility index (Phi) is 4.36. The van der Waals surface area contributed by atoms with Crippen molar-refractivity contribution in [2.75, 3.05) is 6.54 Å². The van der Waals surface area contributed by atoms with Crippen LogP contribution in [0.3, 0.4) is 0 Å². The third kappa shape index (κ3) is 4.08. The molecule has 0 bridgehead atoms. The van der Waals surface area contributed by atoms with Gasteiger partial charge >= 0.3 is 0 Å². The largest absolute Gasteiger partial charge is 0.465 e. The number of aliphatic hydroxyl groups is 1. The fourth-order valence-corrected chi connectivity index (χ4v) is 2.69. The summed E-state index contributed by atoms with van der Waals surface area (Å²) in [6, 6.07) is 4.04.